The van der Waals surface area contributed by atoms with Crippen molar-refractivity contribution in [2.24, 2.45) is 0 Å². The van der Waals surface area contributed by atoms with Gasteiger partial charge in [0.15, 0.2) is 0 Å². The fourth-order valence-electron chi connectivity index (χ4n) is 1.88. The van der Waals surface area contributed by atoms with Gasteiger partial charge in [-0.1, -0.05) is 18.3 Å². The lowest BCUT2D eigenvalue weighted by Crippen LogP contribution is -2.26. The first-order valence-corrected chi connectivity index (χ1v) is 7.80. The van der Waals surface area contributed by atoms with E-state index in [1.807, 2.05) is 18.9 Å². The number of hydrogen-bond acceptors (Lipinski definition) is 7. The number of nitrogens with one attached hydrogen (secondary N) is 1. The van der Waals surface area contributed by atoms with E-state index in [-0.39, 0.29) is 5.56 Å². The van der Waals surface area contributed by atoms with E-state index in [9.17, 15) is 4.79 Å². The molecular formula is C13H20N6OS. The largest absolute Gasteiger partial charge is 0.373 e. The lowest BCUT2D eigenvalue weighted by atomic mass is 10.3. The molecule has 8 heteroatoms. The molecule has 1 N–H and O–H groups in total. The summed E-state index contributed by atoms with van der Waals surface area (Å²) in [4.78, 5) is 14.1. The summed E-state index contributed by atoms with van der Waals surface area (Å²) in [7, 11) is 1.96. The highest BCUT2D eigenvalue weighted by Crippen LogP contribution is 2.15. The van der Waals surface area contributed by atoms with E-state index in [0.29, 0.717) is 6.54 Å². The van der Waals surface area contributed by atoms with E-state index < -0.39 is 0 Å². The van der Waals surface area contributed by atoms with E-state index >= 15 is 0 Å². The molecule has 0 fully saturated rings. The van der Waals surface area contributed by atoms with Crippen LogP contribution in [0.15, 0.2) is 17.1 Å². The van der Waals surface area contributed by atoms with Crippen LogP contribution in [0.5, 0.6) is 0 Å². The van der Waals surface area contributed by atoms with Gasteiger partial charge < -0.3 is 10.2 Å². The smallest absolute Gasteiger partial charge is 0.269 e. The minimum Gasteiger partial charge on any atom is -0.373 e. The van der Waals surface area contributed by atoms with Crippen LogP contribution in [0.25, 0.3) is 0 Å². The van der Waals surface area contributed by atoms with Crippen LogP contribution in [0.3, 0.4) is 0 Å². The quantitative estimate of drug-likeness (QED) is 0.834. The molecule has 2 rings (SSSR count). The van der Waals surface area contributed by atoms with Gasteiger partial charge in [0.25, 0.3) is 5.56 Å². The van der Waals surface area contributed by atoms with Crippen molar-refractivity contribution in [3.8, 4) is 0 Å². The Morgan fingerprint density at radius 3 is 2.86 bits per heavy atom. The average molecular weight is 308 g/mol. The van der Waals surface area contributed by atoms with Crippen LogP contribution in [0, 0.1) is 0 Å². The zero-order valence-electron chi connectivity index (χ0n) is 12.5. The Morgan fingerprint density at radius 1 is 1.38 bits per heavy atom. The fourth-order valence-corrected chi connectivity index (χ4v) is 2.67. The summed E-state index contributed by atoms with van der Waals surface area (Å²) >= 11 is 1.44. The zero-order valence-corrected chi connectivity index (χ0v) is 13.4. The van der Waals surface area contributed by atoms with Gasteiger partial charge in [0, 0.05) is 26.2 Å². The molecule has 0 spiro atoms. The summed E-state index contributed by atoms with van der Waals surface area (Å²) in [6, 6.07) is 1.61. The third-order valence-electron chi connectivity index (χ3n) is 2.93. The van der Waals surface area contributed by atoms with Crippen molar-refractivity contribution in [1.29, 1.82) is 0 Å². The van der Waals surface area contributed by atoms with Crippen LogP contribution >= 0.6 is 11.3 Å². The third-order valence-corrected chi connectivity index (χ3v) is 3.80. The summed E-state index contributed by atoms with van der Waals surface area (Å²) in [5.41, 5.74) is 0.708. The second-order valence-corrected chi connectivity index (χ2v) is 5.72. The lowest BCUT2D eigenvalue weighted by Gasteiger charge is -2.17. The Labute approximate surface area is 127 Å². The van der Waals surface area contributed by atoms with Crippen molar-refractivity contribution < 1.29 is 0 Å². The van der Waals surface area contributed by atoms with Gasteiger partial charge in [-0.15, -0.1) is 10.2 Å². The van der Waals surface area contributed by atoms with Gasteiger partial charge in [0.05, 0.1) is 18.4 Å². The first-order chi connectivity index (χ1) is 10.1. The molecule has 0 atom stereocenters. The maximum atomic E-state index is 12.1. The van der Waals surface area contributed by atoms with Crippen molar-refractivity contribution in [2.75, 3.05) is 30.4 Å². The van der Waals surface area contributed by atoms with E-state index in [1.165, 1.54) is 16.0 Å². The maximum Gasteiger partial charge on any atom is 0.269 e. The van der Waals surface area contributed by atoms with Crippen molar-refractivity contribution >= 4 is 22.2 Å². The summed E-state index contributed by atoms with van der Waals surface area (Å²) < 4.78 is 1.40. The summed E-state index contributed by atoms with van der Waals surface area (Å²) in [5.74, 6) is 0. The molecule has 0 saturated carbocycles. The van der Waals surface area contributed by atoms with Crippen LogP contribution in [-0.2, 0) is 6.54 Å². The molecule has 7 nitrogen and oxygen atoms in total. The molecule has 0 bridgehead atoms. The van der Waals surface area contributed by atoms with Crippen LogP contribution < -0.4 is 15.8 Å². The van der Waals surface area contributed by atoms with Gasteiger partial charge in [0.1, 0.15) is 5.01 Å². The first-order valence-electron chi connectivity index (χ1n) is 6.98. The number of rotatable bonds is 7. The topological polar surface area (TPSA) is 75.9 Å². The molecule has 2 aromatic rings. The highest BCUT2D eigenvalue weighted by Gasteiger charge is 2.08. The molecule has 0 aliphatic carbocycles. The molecule has 0 radical (unpaired) electrons. The maximum absolute atomic E-state index is 12.1. The number of aromatic nitrogens is 4. The molecule has 0 saturated heterocycles. The first kappa shape index (κ1) is 15.4. The summed E-state index contributed by atoms with van der Waals surface area (Å²) in [5, 5.41) is 16.9. The minimum absolute atomic E-state index is 0.129. The van der Waals surface area contributed by atoms with Crippen molar-refractivity contribution in [1.82, 2.24) is 20.0 Å². The lowest BCUT2D eigenvalue weighted by molar-refractivity contribution is 0.630. The standard InChI is InChI=1S/C13H20N6OS/c1-4-6-18(3)10-7-12(20)19(15-8-10)9-11-16-17-13(21-11)14-5-2/h7-8H,4-6,9H2,1-3H3,(H,14,17). The molecule has 114 valence electrons. The van der Waals surface area contributed by atoms with Crippen molar-refractivity contribution in [3.05, 3.63) is 27.6 Å². The molecular weight excluding hydrogens is 288 g/mol. The van der Waals surface area contributed by atoms with Crippen molar-refractivity contribution in [2.45, 2.75) is 26.8 Å². The molecule has 0 amide bonds. The van der Waals surface area contributed by atoms with Gasteiger partial charge in [-0.25, -0.2) is 4.68 Å². The molecule has 0 aromatic carbocycles. The van der Waals surface area contributed by atoms with E-state index in [0.717, 1.165) is 35.3 Å². The van der Waals surface area contributed by atoms with Gasteiger partial charge >= 0.3 is 0 Å². The van der Waals surface area contributed by atoms with Gasteiger partial charge in [0.2, 0.25) is 5.13 Å². The molecule has 0 aliphatic heterocycles. The van der Waals surface area contributed by atoms with E-state index in [2.05, 4.69) is 27.5 Å². The predicted octanol–water partition coefficient (Wildman–Crippen LogP) is 1.42. The number of nitrogens with zero attached hydrogens (tertiary/aromatic N) is 5. The van der Waals surface area contributed by atoms with Gasteiger partial charge in [-0.05, 0) is 13.3 Å². The SMILES string of the molecule is CCCN(C)c1cnn(Cc2nnc(NCC)s2)c(=O)c1. The van der Waals surface area contributed by atoms with Crippen LogP contribution in [0.2, 0.25) is 0 Å². The number of hydrogen-bond donors (Lipinski definition) is 1. The highest BCUT2D eigenvalue weighted by molar-refractivity contribution is 7.15. The average Bonchev–Trinajstić information content (AvgIpc) is 2.89. The Bertz CT molecular complexity index is 638. The van der Waals surface area contributed by atoms with Crippen LogP contribution in [0.4, 0.5) is 10.8 Å². The summed E-state index contributed by atoms with van der Waals surface area (Å²) in [6.45, 7) is 6.14. The highest BCUT2D eigenvalue weighted by atomic mass is 32.1. The molecule has 0 aliphatic rings. The van der Waals surface area contributed by atoms with Crippen molar-refractivity contribution in [3.63, 3.8) is 0 Å². The fraction of sp³-hybridized carbons (Fsp3) is 0.538. The Balaban J connectivity index is 2.11. The Hall–Kier alpha value is -1.96. The van der Waals surface area contributed by atoms with E-state index in [1.54, 1.807) is 12.3 Å². The molecule has 2 aromatic heterocycles. The molecule has 2 heterocycles. The Kier molecular flexibility index (Phi) is 5.26. The minimum atomic E-state index is -0.129. The zero-order chi connectivity index (χ0) is 15.2. The molecule has 0 unspecified atom stereocenters. The normalized spacial score (nSPS) is 10.6. The van der Waals surface area contributed by atoms with Gasteiger partial charge in [-0.3, -0.25) is 4.79 Å². The molecule has 21 heavy (non-hydrogen) atoms. The predicted molar refractivity (Wildman–Crippen MR) is 85.2 cm³/mol. The second kappa shape index (κ2) is 7.16. The van der Waals surface area contributed by atoms with E-state index in [4.69, 9.17) is 0 Å². The summed E-state index contributed by atoms with van der Waals surface area (Å²) in [6.07, 6.45) is 2.74. The van der Waals surface area contributed by atoms with Crippen LogP contribution in [-0.4, -0.2) is 40.1 Å². The third kappa shape index (κ3) is 4.01. The van der Waals surface area contributed by atoms with Gasteiger partial charge in [-0.2, -0.15) is 5.10 Å². The monoisotopic (exact) mass is 308 g/mol. The van der Waals surface area contributed by atoms with Crippen LogP contribution in [0.1, 0.15) is 25.3 Å². The number of anilines is 2. The second-order valence-electron chi connectivity index (χ2n) is 4.66. The Morgan fingerprint density at radius 2 is 2.19 bits per heavy atom.